The van der Waals surface area contributed by atoms with Crippen molar-refractivity contribution in [1.29, 1.82) is 0 Å². The second kappa shape index (κ2) is 7.24. The molecule has 0 aliphatic carbocycles. The number of hydrogen-bond acceptors (Lipinski definition) is 3. The lowest BCUT2D eigenvalue weighted by Crippen LogP contribution is -2.45. The fraction of sp³-hybridized carbons (Fsp3) is 0.318. The zero-order chi connectivity index (χ0) is 18.8. The first-order valence-electron chi connectivity index (χ1n) is 8.94. The third-order valence-corrected chi connectivity index (χ3v) is 4.69. The lowest BCUT2D eigenvalue weighted by molar-refractivity contribution is -0.118. The second-order valence-electron chi connectivity index (χ2n) is 7.22. The number of carbonyl (C=O) groups is 2. The molecule has 1 aliphatic rings. The van der Waals surface area contributed by atoms with Crippen molar-refractivity contribution in [2.75, 3.05) is 11.4 Å². The molecule has 0 saturated carbocycles. The van der Waals surface area contributed by atoms with E-state index in [0.29, 0.717) is 23.7 Å². The summed E-state index contributed by atoms with van der Waals surface area (Å²) >= 11 is 0. The first kappa shape index (κ1) is 18.1. The maximum atomic E-state index is 13.2. The molecule has 4 heteroatoms. The quantitative estimate of drug-likeness (QED) is 0.611. The predicted octanol–water partition coefficient (Wildman–Crippen LogP) is 4.30. The predicted molar refractivity (Wildman–Crippen MR) is 105 cm³/mol. The summed E-state index contributed by atoms with van der Waals surface area (Å²) in [7, 11) is 0. The number of amides is 2. The van der Waals surface area contributed by atoms with Crippen molar-refractivity contribution in [3.63, 3.8) is 0 Å². The van der Waals surface area contributed by atoms with Crippen LogP contribution in [0.25, 0.3) is 0 Å². The summed E-state index contributed by atoms with van der Waals surface area (Å²) in [5, 5.41) is 0. The van der Waals surface area contributed by atoms with Crippen LogP contribution in [-0.2, 0) is 4.79 Å². The molecule has 0 bridgehead atoms. The molecule has 1 atom stereocenters. The Balaban J connectivity index is 2.07. The van der Waals surface area contributed by atoms with Gasteiger partial charge < -0.3 is 0 Å². The van der Waals surface area contributed by atoms with Crippen molar-refractivity contribution >= 4 is 23.7 Å². The van der Waals surface area contributed by atoms with Gasteiger partial charge in [-0.1, -0.05) is 38.1 Å². The summed E-state index contributed by atoms with van der Waals surface area (Å²) in [5.74, 6) is -0.645. The minimum absolute atomic E-state index is 0.246. The summed E-state index contributed by atoms with van der Waals surface area (Å²) < 4.78 is 0. The molecule has 0 fully saturated rings. The van der Waals surface area contributed by atoms with Gasteiger partial charge in [0.05, 0.1) is 11.6 Å². The second-order valence-corrected chi connectivity index (χ2v) is 7.22. The number of hydrogen-bond donors (Lipinski definition) is 0. The number of rotatable bonds is 4. The van der Waals surface area contributed by atoms with Crippen LogP contribution in [-0.4, -0.2) is 24.6 Å². The molecule has 0 spiro atoms. The molecule has 1 heterocycles. The Labute approximate surface area is 154 Å². The molecule has 134 valence electrons. The summed E-state index contributed by atoms with van der Waals surface area (Å²) in [6, 6.07) is 13.0. The van der Waals surface area contributed by atoms with Crippen molar-refractivity contribution in [2.24, 2.45) is 10.9 Å². The van der Waals surface area contributed by atoms with Crippen molar-refractivity contribution in [1.82, 2.24) is 0 Å². The molecule has 3 rings (SSSR count). The van der Waals surface area contributed by atoms with Gasteiger partial charge in [0, 0.05) is 18.3 Å². The molecule has 2 aromatic carbocycles. The largest absolute Gasteiger partial charge is 0.296 e. The highest BCUT2D eigenvalue weighted by Gasteiger charge is 2.38. The third kappa shape index (κ3) is 3.32. The Bertz CT molecular complexity index is 883. The molecule has 1 aliphatic heterocycles. The molecular weight excluding hydrogens is 324 g/mol. The van der Waals surface area contributed by atoms with Crippen LogP contribution in [0.3, 0.4) is 0 Å². The van der Waals surface area contributed by atoms with E-state index in [4.69, 9.17) is 0 Å². The molecule has 0 aromatic heterocycles. The first-order valence-corrected chi connectivity index (χ1v) is 8.94. The van der Waals surface area contributed by atoms with Crippen LogP contribution >= 0.6 is 0 Å². The number of aryl methyl sites for hydroxylation is 2. The van der Waals surface area contributed by atoms with Gasteiger partial charge in [-0.15, -0.1) is 0 Å². The lowest BCUT2D eigenvalue weighted by Gasteiger charge is -2.31. The molecular formula is C22H24N2O2. The normalized spacial score (nSPS) is 17.3. The van der Waals surface area contributed by atoms with Crippen molar-refractivity contribution in [3.8, 4) is 0 Å². The number of imide groups is 1. The van der Waals surface area contributed by atoms with Crippen molar-refractivity contribution < 1.29 is 9.59 Å². The SMILES string of the molecule is Cc1ccc(N2C(=O)c3ccccc3[C@@H](C=NCC(C)C)C2=O)cc1C. The third-order valence-electron chi connectivity index (χ3n) is 4.69. The first-order chi connectivity index (χ1) is 12.4. The summed E-state index contributed by atoms with van der Waals surface area (Å²) in [6.07, 6.45) is 1.70. The van der Waals surface area contributed by atoms with Crippen LogP contribution in [0.1, 0.15) is 46.8 Å². The molecule has 0 unspecified atom stereocenters. The van der Waals surface area contributed by atoms with Gasteiger partial charge >= 0.3 is 0 Å². The van der Waals surface area contributed by atoms with E-state index in [-0.39, 0.29) is 11.8 Å². The van der Waals surface area contributed by atoms with E-state index in [1.54, 1.807) is 12.3 Å². The summed E-state index contributed by atoms with van der Waals surface area (Å²) in [6.45, 7) is 8.81. The van der Waals surface area contributed by atoms with E-state index in [9.17, 15) is 9.59 Å². The number of anilines is 1. The minimum atomic E-state index is -0.538. The monoisotopic (exact) mass is 348 g/mol. The Morgan fingerprint density at radius 3 is 2.50 bits per heavy atom. The van der Waals surface area contributed by atoms with Crippen LogP contribution in [0.2, 0.25) is 0 Å². The highest BCUT2D eigenvalue weighted by Crippen LogP contribution is 2.32. The fourth-order valence-corrected chi connectivity index (χ4v) is 3.09. The average Bonchev–Trinajstić information content (AvgIpc) is 2.61. The van der Waals surface area contributed by atoms with Gasteiger partial charge in [-0.25, -0.2) is 4.90 Å². The molecule has 2 amide bonds. The van der Waals surface area contributed by atoms with E-state index < -0.39 is 5.92 Å². The van der Waals surface area contributed by atoms with Gasteiger partial charge in [0.25, 0.3) is 5.91 Å². The molecule has 26 heavy (non-hydrogen) atoms. The summed E-state index contributed by atoms with van der Waals surface area (Å²) in [5.41, 5.74) is 4.08. The van der Waals surface area contributed by atoms with E-state index in [2.05, 4.69) is 18.8 Å². The minimum Gasteiger partial charge on any atom is -0.296 e. The molecule has 4 nitrogen and oxygen atoms in total. The van der Waals surface area contributed by atoms with Gasteiger partial charge in [-0.3, -0.25) is 14.6 Å². The van der Waals surface area contributed by atoms with Gasteiger partial charge in [0.2, 0.25) is 5.91 Å². The smallest absolute Gasteiger partial charge is 0.265 e. The number of nitrogens with zero attached hydrogens (tertiary/aromatic N) is 2. The molecule has 2 aromatic rings. The molecule has 0 saturated heterocycles. The summed E-state index contributed by atoms with van der Waals surface area (Å²) in [4.78, 5) is 31.9. The zero-order valence-electron chi connectivity index (χ0n) is 15.7. The standard InChI is InChI=1S/C22H24N2O2/c1-14(2)12-23-13-20-18-7-5-6-8-19(18)21(25)24(22(20)26)17-10-9-15(3)16(4)11-17/h5-11,13-14,20H,12H2,1-4H3/t20-/m1/s1. The van der Waals surface area contributed by atoms with E-state index in [0.717, 1.165) is 16.7 Å². The van der Waals surface area contributed by atoms with E-state index in [1.807, 2.05) is 50.2 Å². The van der Waals surface area contributed by atoms with Gasteiger partial charge in [0.15, 0.2) is 0 Å². The van der Waals surface area contributed by atoms with Crippen LogP contribution in [0.5, 0.6) is 0 Å². The average molecular weight is 348 g/mol. The van der Waals surface area contributed by atoms with Crippen LogP contribution in [0.4, 0.5) is 5.69 Å². The van der Waals surface area contributed by atoms with Crippen LogP contribution in [0.15, 0.2) is 47.5 Å². The van der Waals surface area contributed by atoms with Crippen LogP contribution < -0.4 is 4.90 Å². The maximum Gasteiger partial charge on any atom is 0.265 e. The van der Waals surface area contributed by atoms with Crippen LogP contribution in [0, 0.1) is 19.8 Å². The highest BCUT2D eigenvalue weighted by atomic mass is 16.2. The van der Waals surface area contributed by atoms with Gasteiger partial charge in [-0.05, 0) is 54.7 Å². The highest BCUT2D eigenvalue weighted by molar-refractivity contribution is 6.29. The number of benzene rings is 2. The molecule has 0 radical (unpaired) electrons. The Morgan fingerprint density at radius 1 is 1.08 bits per heavy atom. The fourth-order valence-electron chi connectivity index (χ4n) is 3.09. The number of aliphatic imine (C=N–C) groups is 1. The zero-order valence-corrected chi connectivity index (χ0v) is 15.7. The number of carbonyl (C=O) groups excluding carboxylic acids is 2. The Morgan fingerprint density at radius 2 is 1.81 bits per heavy atom. The van der Waals surface area contributed by atoms with E-state index in [1.165, 1.54) is 4.90 Å². The van der Waals surface area contributed by atoms with Gasteiger partial charge in [0.1, 0.15) is 0 Å². The Kier molecular flexibility index (Phi) is 5.03. The maximum absolute atomic E-state index is 13.2. The van der Waals surface area contributed by atoms with Crippen molar-refractivity contribution in [3.05, 3.63) is 64.7 Å². The molecule has 0 N–H and O–H groups in total. The van der Waals surface area contributed by atoms with E-state index >= 15 is 0 Å². The topological polar surface area (TPSA) is 49.7 Å². The Hall–Kier alpha value is -2.75. The van der Waals surface area contributed by atoms with Crippen molar-refractivity contribution in [2.45, 2.75) is 33.6 Å². The van der Waals surface area contributed by atoms with Gasteiger partial charge in [-0.2, -0.15) is 0 Å². The number of fused-ring (bicyclic) bond motifs is 1. The lowest BCUT2D eigenvalue weighted by atomic mass is 9.88.